The molecular formula is C13H26N2. The van der Waals surface area contributed by atoms with E-state index in [0.29, 0.717) is 0 Å². The van der Waals surface area contributed by atoms with Crippen LogP contribution in [0.25, 0.3) is 0 Å². The zero-order valence-electron chi connectivity index (χ0n) is 10.5. The molecule has 0 fully saturated rings. The zero-order chi connectivity index (χ0) is 11.2. The van der Waals surface area contributed by atoms with Gasteiger partial charge in [-0.2, -0.15) is 0 Å². The first-order chi connectivity index (χ1) is 7.41. The summed E-state index contributed by atoms with van der Waals surface area (Å²) in [7, 11) is 0. The van der Waals surface area contributed by atoms with E-state index < -0.39 is 0 Å². The summed E-state index contributed by atoms with van der Waals surface area (Å²) in [6, 6.07) is 2.79. The summed E-state index contributed by atoms with van der Waals surface area (Å²) in [5.74, 6) is 0. The van der Waals surface area contributed by atoms with Gasteiger partial charge in [0.2, 0.25) is 0 Å². The van der Waals surface area contributed by atoms with Crippen molar-refractivity contribution in [3.05, 3.63) is 0 Å². The Hall–Kier alpha value is -0.620. The van der Waals surface area contributed by atoms with E-state index >= 15 is 0 Å². The molecule has 0 amide bonds. The molecule has 0 rings (SSSR count). The first-order valence-electron chi connectivity index (χ1n) is 6.49. The van der Waals surface area contributed by atoms with Crippen LogP contribution in [0.5, 0.6) is 0 Å². The largest absolute Gasteiger partial charge is 0.226 e. The SMILES string of the molecule is CCCCCCN=C=NCCCCCC. The Morgan fingerprint density at radius 3 is 1.53 bits per heavy atom. The monoisotopic (exact) mass is 210 g/mol. The third kappa shape index (κ3) is 13.4. The highest BCUT2D eigenvalue weighted by molar-refractivity contribution is 5.40. The van der Waals surface area contributed by atoms with Crippen molar-refractivity contribution >= 4 is 6.01 Å². The Morgan fingerprint density at radius 1 is 0.667 bits per heavy atom. The van der Waals surface area contributed by atoms with E-state index in [2.05, 4.69) is 29.8 Å². The fraction of sp³-hybridized carbons (Fsp3) is 0.923. The standard InChI is InChI=1S/C13H26N2/c1-3-5-7-9-11-14-13-15-12-10-8-6-4-2/h3-12H2,1-2H3. The smallest absolute Gasteiger partial charge is 0.0892 e. The second-order valence-electron chi connectivity index (χ2n) is 3.98. The van der Waals surface area contributed by atoms with Crippen molar-refractivity contribution in [2.45, 2.75) is 65.2 Å². The summed E-state index contributed by atoms with van der Waals surface area (Å²) in [4.78, 5) is 8.29. The number of hydrogen-bond donors (Lipinski definition) is 0. The summed E-state index contributed by atoms with van der Waals surface area (Å²) in [6.07, 6.45) is 10.2. The summed E-state index contributed by atoms with van der Waals surface area (Å²) < 4.78 is 0. The number of hydrogen-bond acceptors (Lipinski definition) is 2. The van der Waals surface area contributed by atoms with Gasteiger partial charge in [0.15, 0.2) is 0 Å². The average molecular weight is 210 g/mol. The van der Waals surface area contributed by atoms with Crippen molar-refractivity contribution in [3.8, 4) is 0 Å². The van der Waals surface area contributed by atoms with Crippen LogP contribution < -0.4 is 0 Å². The lowest BCUT2D eigenvalue weighted by atomic mass is 10.2. The number of nitrogens with zero attached hydrogens (tertiary/aromatic N) is 2. The molecule has 0 aromatic heterocycles. The molecule has 0 radical (unpaired) electrons. The Kier molecular flexibility index (Phi) is 12.8. The minimum atomic E-state index is 0.901. The van der Waals surface area contributed by atoms with E-state index in [0.717, 1.165) is 13.1 Å². The van der Waals surface area contributed by atoms with Crippen LogP contribution in [0.2, 0.25) is 0 Å². The lowest BCUT2D eigenvalue weighted by Crippen LogP contribution is -1.82. The molecule has 0 saturated heterocycles. The molecule has 2 nitrogen and oxygen atoms in total. The molecule has 88 valence electrons. The Balaban J connectivity index is 3.16. The third-order valence-corrected chi connectivity index (χ3v) is 2.39. The Morgan fingerprint density at radius 2 is 1.13 bits per heavy atom. The molecule has 0 heterocycles. The molecule has 0 aliphatic carbocycles. The highest BCUT2D eigenvalue weighted by Gasteiger charge is 1.85. The summed E-state index contributed by atoms with van der Waals surface area (Å²) in [6.45, 7) is 6.25. The van der Waals surface area contributed by atoms with Crippen LogP contribution in [0.1, 0.15) is 65.2 Å². The van der Waals surface area contributed by atoms with Gasteiger partial charge in [0.1, 0.15) is 0 Å². The molecular weight excluding hydrogens is 184 g/mol. The Bertz CT molecular complexity index is 153. The quantitative estimate of drug-likeness (QED) is 0.379. The number of aliphatic imine (C=N–C) groups is 2. The van der Waals surface area contributed by atoms with Gasteiger partial charge in [-0.05, 0) is 12.8 Å². The Labute approximate surface area is 94.9 Å². The van der Waals surface area contributed by atoms with Crippen LogP contribution in [0.3, 0.4) is 0 Å². The van der Waals surface area contributed by atoms with Gasteiger partial charge in [0, 0.05) is 13.1 Å². The molecule has 0 spiro atoms. The molecule has 0 unspecified atom stereocenters. The van der Waals surface area contributed by atoms with E-state index in [-0.39, 0.29) is 0 Å². The van der Waals surface area contributed by atoms with Crippen LogP contribution in [0, 0.1) is 0 Å². The van der Waals surface area contributed by atoms with E-state index in [1.54, 1.807) is 0 Å². The van der Waals surface area contributed by atoms with E-state index in [4.69, 9.17) is 0 Å². The maximum atomic E-state index is 4.14. The van der Waals surface area contributed by atoms with Crippen LogP contribution in [-0.2, 0) is 0 Å². The second kappa shape index (κ2) is 13.4. The molecule has 0 N–H and O–H groups in total. The molecule has 2 heteroatoms. The highest BCUT2D eigenvalue weighted by atomic mass is 14.8. The van der Waals surface area contributed by atoms with Crippen molar-refractivity contribution < 1.29 is 0 Å². The van der Waals surface area contributed by atoms with Gasteiger partial charge in [-0.15, -0.1) is 0 Å². The maximum absolute atomic E-state index is 4.14. The van der Waals surface area contributed by atoms with Crippen molar-refractivity contribution in [1.82, 2.24) is 0 Å². The maximum Gasteiger partial charge on any atom is 0.0892 e. The fourth-order valence-corrected chi connectivity index (χ4v) is 1.39. The van der Waals surface area contributed by atoms with Crippen LogP contribution in [0.4, 0.5) is 0 Å². The van der Waals surface area contributed by atoms with Gasteiger partial charge in [-0.25, -0.2) is 9.98 Å². The van der Waals surface area contributed by atoms with E-state index in [1.165, 1.54) is 51.4 Å². The average Bonchev–Trinajstić information content (AvgIpc) is 2.26. The molecule has 15 heavy (non-hydrogen) atoms. The predicted molar refractivity (Wildman–Crippen MR) is 67.9 cm³/mol. The lowest BCUT2D eigenvalue weighted by Gasteiger charge is -1.92. The molecule has 0 aliphatic rings. The number of unbranched alkanes of at least 4 members (excludes halogenated alkanes) is 6. The second-order valence-corrected chi connectivity index (χ2v) is 3.98. The van der Waals surface area contributed by atoms with E-state index in [9.17, 15) is 0 Å². The van der Waals surface area contributed by atoms with E-state index in [1.807, 2.05) is 0 Å². The molecule has 0 aromatic rings. The van der Waals surface area contributed by atoms with Crippen LogP contribution in [0.15, 0.2) is 9.98 Å². The van der Waals surface area contributed by atoms with Gasteiger partial charge >= 0.3 is 0 Å². The molecule has 0 atom stereocenters. The first-order valence-corrected chi connectivity index (χ1v) is 6.49. The van der Waals surface area contributed by atoms with Gasteiger partial charge in [0.25, 0.3) is 0 Å². The normalized spacial score (nSPS) is 9.73. The molecule has 0 saturated carbocycles. The number of rotatable bonds is 10. The molecule has 0 aromatic carbocycles. The summed E-state index contributed by atoms with van der Waals surface area (Å²) in [5, 5.41) is 0. The molecule has 0 bridgehead atoms. The minimum absolute atomic E-state index is 0.901. The highest BCUT2D eigenvalue weighted by Crippen LogP contribution is 1.99. The summed E-state index contributed by atoms with van der Waals surface area (Å²) in [5.41, 5.74) is 0. The fourth-order valence-electron chi connectivity index (χ4n) is 1.39. The minimum Gasteiger partial charge on any atom is -0.226 e. The molecule has 0 aliphatic heterocycles. The van der Waals surface area contributed by atoms with Crippen molar-refractivity contribution in [1.29, 1.82) is 0 Å². The van der Waals surface area contributed by atoms with Gasteiger partial charge in [-0.1, -0.05) is 52.4 Å². The summed E-state index contributed by atoms with van der Waals surface area (Å²) >= 11 is 0. The van der Waals surface area contributed by atoms with Gasteiger partial charge < -0.3 is 0 Å². The third-order valence-electron chi connectivity index (χ3n) is 2.39. The predicted octanol–water partition coefficient (Wildman–Crippen LogP) is 4.32. The van der Waals surface area contributed by atoms with Crippen LogP contribution >= 0.6 is 0 Å². The topological polar surface area (TPSA) is 24.7 Å². The zero-order valence-corrected chi connectivity index (χ0v) is 10.5. The van der Waals surface area contributed by atoms with Crippen molar-refractivity contribution in [3.63, 3.8) is 0 Å². The first kappa shape index (κ1) is 14.4. The van der Waals surface area contributed by atoms with Gasteiger partial charge in [0.05, 0.1) is 6.01 Å². The van der Waals surface area contributed by atoms with Crippen LogP contribution in [-0.4, -0.2) is 19.1 Å². The van der Waals surface area contributed by atoms with Gasteiger partial charge in [-0.3, -0.25) is 0 Å². The lowest BCUT2D eigenvalue weighted by molar-refractivity contribution is 0.672. The van der Waals surface area contributed by atoms with Crippen molar-refractivity contribution in [2.24, 2.45) is 9.98 Å². The van der Waals surface area contributed by atoms with Crippen molar-refractivity contribution in [2.75, 3.05) is 13.1 Å².